The van der Waals surface area contributed by atoms with Gasteiger partial charge in [0.1, 0.15) is 0 Å². The van der Waals surface area contributed by atoms with E-state index in [1.54, 1.807) is 12.1 Å². The fraction of sp³-hybridized carbons (Fsp3) is 0.222. The molecule has 0 aliphatic carbocycles. The molecule has 0 radical (unpaired) electrons. The SMILES string of the molecule is CCc1cc(NN)ccc1C#N. The number of nitrogens with zero attached hydrogens (tertiary/aromatic N) is 1. The van der Waals surface area contributed by atoms with E-state index < -0.39 is 0 Å². The van der Waals surface area contributed by atoms with E-state index in [9.17, 15) is 0 Å². The number of anilines is 1. The van der Waals surface area contributed by atoms with Crippen molar-refractivity contribution in [3.8, 4) is 6.07 Å². The lowest BCUT2D eigenvalue weighted by Crippen LogP contribution is -2.07. The number of aryl methyl sites for hydroxylation is 1. The van der Waals surface area contributed by atoms with Crippen LogP contribution in [0.2, 0.25) is 0 Å². The molecule has 12 heavy (non-hydrogen) atoms. The number of hydrazine groups is 1. The first-order valence-corrected chi connectivity index (χ1v) is 3.81. The standard InChI is InChI=1S/C9H11N3/c1-2-7-5-9(12-11)4-3-8(7)6-10/h3-5,12H,2,11H2,1H3. The number of nitriles is 1. The van der Waals surface area contributed by atoms with Gasteiger partial charge in [-0.1, -0.05) is 6.92 Å². The molecular weight excluding hydrogens is 150 g/mol. The second-order valence-electron chi connectivity index (χ2n) is 2.48. The summed E-state index contributed by atoms with van der Waals surface area (Å²) in [6.07, 6.45) is 0.846. The van der Waals surface area contributed by atoms with E-state index in [1.165, 1.54) is 0 Å². The lowest BCUT2D eigenvalue weighted by Gasteiger charge is -2.03. The number of nitrogens with one attached hydrogen (secondary N) is 1. The molecule has 0 aliphatic rings. The Balaban J connectivity index is 3.13. The summed E-state index contributed by atoms with van der Waals surface area (Å²) < 4.78 is 0. The third-order valence-corrected chi connectivity index (χ3v) is 1.77. The molecule has 0 amide bonds. The molecule has 3 nitrogen and oxygen atoms in total. The molecule has 0 aromatic heterocycles. The van der Waals surface area contributed by atoms with Crippen LogP contribution in [0.1, 0.15) is 18.1 Å². The van der Waals surface area contributed by atoms with Crippen LogP contribution in [0.5, 0.6) is 0 Å². The molecule has 1 rings (SSSR count). The van der Waals surface area contributed by atoms with Crippen molar-refractivity contribution >= 4 is 5.69 Å². The summed E-state index contributed by atoms with van der Waals surface area (Å²) in [5, 5.41) is 8.71. The largest absolute Gasteiger partial charge is 0.324 e. The molecule has 0 atom stereocenters. The summed E-state index contributed by atoms with van der Waals surface area (Å²) in [5.74, 6) is 5.23. The summed E-state index contributed by atoms with van der Waals surface area (Å²) in [6.45, 7) is 2.01. The van der Waals surface area contributed by atoms with Gasteiger partial charge in [0, 0.05) is 5.69 Å². The van der Waals surface area contributed by atoms with Crippen LogP contribution in [0, 0.1) is 11.3 Å². The molecule has 0 fully saturated rings. The summed E-state index contributed by atoms with van der Waals surface area (Å²) >= 11 is 0. The predicted octanol–water partition coefficient (Wildman–Crippen LogP) is 1.41. The van der Waals surface area contributed by atoms with E-state index in [1.807, 2.05) is 13.0 Å². The molecule has 1 aromatic carbocycles. The number of rotatable bonds is 2. The van der Waals surface area contributed by atoms with Gasteiger partial charge in [0.05, 0.1) is 11.6 Å². The predicted molar refractivity (Wildman–Crippen MR) is 48.3 cm³/mol. The van der Waals surface area contributed by atoms with E-state index in [0.717, 1.165) is 23.2 Å². The summed E-state index contributed by atoms with van der Waals surface area (Å²) in [4.78, 5) is 0. The molecule has 0 bridgehead atoms. The van der Waals surface area contributed by atoms with Gasteiger partial charge >= 0.3 is 0 Å². The van der Waals surface area contributed by atoms with E-state index in [-0.39, 0.29) is 0 Å². The Hall–Kier alpha value is -1.53. The van der Waals surface area contributed by atoms with Gasteiger partial charge in [-0.3, -0.25) is 5.84 Å². The lowest BCUT2D eigenvalue weighted by molar-refractivity contribution is 1.12. The van der Waals surface area contributed by atoms with Crippen LogP contribution >= 0.6 is 0 Å². The van der Waals surface area contributed by atoms with Gasteiger partial charge in [0.25, 0.3) is 0 Å². The number of hydrogen-bond acceptors (Lipinski definition) is 3. The first kappa shape index (κ1) is 8.57. The smallest absolute Gasteiger partial charge is 0.0994 e. The summed E-state index contributed by atoms with van der Waals surface area (Å²) in [7, 11) is 0. The molecule has 0 unspecified atom stereocenters. The van der Waals surface area contributed by atoms with E-state index >= 15 is 0 Å². The minimum absolute atomic E-state index is 0.719. The molecule has 3 heteroatoms. The number of benzene rings is 1. The monoisotopic (exact) mass is 161 g/mol. The molecule has 3 N–H and O–H groups in total. The fourth-order valence-corrected chi connectivity index (χ4v) is 1.09. The van der Waals surface area contributed by atoms with Crippen molar-refractivity contribution in [1.82, 2.24) is 0 Å². The van der Waals surface area contributed by atoms with Crippen molar-refractivity contribution in [2.75, 3.05) is 5.43 Å². The molecule has 62 valence electrons. The zero-order valence-electron chi connectivity index (χ0n) is 6.96. The molecular formula is C9H11N3. The molecule has 0 spiro atoms. The van der Waals surface area contributed by atoms with Crippen LogP contribution in [-0.4, -0.2) is 0 Å². The summed E-state index contributed by atoms with van der Waals surface area (Å²) in [5.41, 5.74) is 5.12. The minimum atomic E-state index is 0.719. The van der Waals surface area contributed by atoms with Gasteiger partial charge in [-0.25, -0.2) is 0 Å². The maximum atomic E-state index is 8.71. The highest BCUT2D eigenvalue weighted by Crippen LogP contribution is 2.14. The van der Waals surface area contributed by atoms with Crippen molar-refractivity contribution < 1.29 is 0 Å². The highest BCUT2D eigenvalue weighted by molar-refractivity contribution is 5.51. The van der Waals surface area contributed by atoms with Gasteiger partial charge < -0.3 is 5.43 Å². The highest BCUT2D eigenvalue weighted by Gasteiger charge is 1.99. The zero-order chi connectivity index (χ0) is 8.97. The van der Waals surface area contributed by atoms with Gasteiger partial charge in [-0.05, 0) is 30.2 Å². The molecule has 0 aliphatic heterocycles. The van der Waals surface area contributed by atoms with Crippen molar-refractivity contribution in [2.24, 2.45) is 5.84 Å². The maximum Gasteiger partial charge on any atom is 0.0994 e. The molecule has 0 saturated carbocycles. The van der Waals surface area contributed by atoms with Gasteiger partial charge in [-0.15, -0.1) is 0 Å². The van der Waals surface area contributed by atoms with Crippen molar-refractivity contribution in [3.63, 3.8) is 0 Å². The fourth-order valence-electron chi connectivity index (χ4n) is 1.09. The Labute approximate surface area is 71.8 Å². The molecule has 0 heterocycles. The minimum Gasteiger partial charge on any atom is -0.324 e. The summed E-state index contributed by atoms with van der Waals surface area (Å²) in [6, 6.07) is 7.58. The second-order valence-corrected chi connectivity index (χ2v) is 2.48. The number of nitrogen functional groups attached to an aromatic ring is 1. The molecule has 1 aromatic rings. The topological polar surface area (TPSA) is 61.8 Å². The average molecular weight is 161 g/mol. The average Bonchev–Trinajstić information content (AvgIpc) is 2.16. The Kier molecular flexibility index (Phi) is 2.67. The lowest BCUT2D eigenvalue weighted by atomic mass is 10.1. The third kappa shape index (κ3) is 1.55. The zero-order valence-corrected chi connectivity index (χ0v) is 6.96. The van der Waals surface area contributed by atoms with Gasteiger partial charge in [0.2, 0.25) is 0 Å². The van der Waals surface area contributed by atoms with Crippen molar-refractivity contribution in [1.29, 1.82) is 5.26 Å². The Morgan fingerprint density at radius 1 is 1.58 bits per heavy atom. The maximum absolute atomic E-state index is 8.71. The Morgan fingerprint density at radius 2 is 2.33 bits per heavy atom. The van der Waals surface area contributed by atoms with Crippen LogP contribution < -0.4 is 11.3 Å². The van der Waals surface area contributed by atoms with Crippen LogP contribution in [0.3, 0.4) is 0 Å². The molecule has 0 saturated heterocycles. The number of nitrogens with two attached hydrogens (primary N) is 1. The third-order valence-electron chi connectivity index (χ3n) is 1.77. The second kappa shape index (κ2) is 3.74. The number of hydrogen-bond donors (Lipinski definition) is 2. The van der Waals surface area contributed by atoms with Crippen molar-refractivity contribution in [2.45, 2.75) is 13.3 Å². The van der Waals surface area contributed by atoms with E-state index in [4.69, 9.17) is 11.1 Å². The van der Waals surface area contributed by atoms with Crippen LogP contribution in [0.4, 0.5) is 5.69 Å². The normalized spacial score (nSPS) is 9.08. The van der Waals surface area contributed by atoms with Crippen LogP contribution in [-0.2, 0) is 6.42 Å². The van der Waals surface area contributed by atoms with Crippen LogP contribution in [0.15, 0.2) is 18.2 Å². The Morgan fingerprint density at radius 3 is 2.83 bits per heavy atom. The van der Waals surface area contributed by atoms with Crippen molar-refractivity contribution in [3.05, 3.63) is 29.3 Å². The van der Waals surface area contributed by atoms with Crippen LogP contribution in [0.25, 0.3) is 0 Å². The first-order chi connectivity index (χ1) is 5.81. The van der Waals surface area contributed by atoms with E-state index in [0.29, 0.717) is 0 Å². The van der Waals surface area contributed by atoms with Gasteiger partial charge in [-0.2, -0.15) is 5.26 Å². The van der Waals surface area contributed by atoms with Gasteiger partial charge in [0.15, 0.2) is 0 Å². The Bertz CT molecular complexity index is 312. The quantitative estimate of drug-likeness (QED) is 0.509. The highest BCUT2D eigenvalue weighted by atomic mass is 15.2. The van der Waals surface area contributed by atoms with E-state index in [2.05, 4.69) is 11.5 Å². The first-order valence-electron chi connectivity index (χ1n) is 3.81.